The van der Waals surface area contributed by atoms with Crippen molar-refractivity contribution in [2.45, 2.75) is 0 Å². The minimum absolute atomic E-state index is 0.352. The minimum Gasteiger partial charge on any atom is -0.366 e. The Morgan fingerprint density at radius 3 is 1.53 bits per heavy atom. The summed E-state index contributed by atoms with van der Waals surface area (Å²) in [6, 6.07) is 1.71. The Kier molecular flexibility index (Phi) is 4.58. The van der Waals surface area contributed by atoms with Gasteiger partial charge in [0.05, 0.1) is 11.1 Å². The highest BCUT2D eigenvalue weighted by Gasteiger charge is 2.20. The van der Waals surface area contributed by atoms with Gasteiger partial charge in [-0.1, -0.05) is 0 Å². The predicted octanol–water partition coefficient (Wildman–Crippen LogP) is 1.70. The molecule has 1 aromatic rings. The molecular weight excluding hydrogens is 537 g/mol. The molecule has 0 fully saturated rings. The molecule has 7 heteroatoms. The van der Waals surface area contributed by atoms with Gasteiger partial charge in [0.1, 0.15) is 0 Å². The molecule has 0 aliphatic carbocycles. The van der Waals surface area contributed by atoms with Gasteiger partial charge in [0.25, 0.3) is 11.8 Å². The lowest BCUT2D eigenvalue weighted by Crippen LogP contribution is -2.21. The number of benzene rings is 1. The van der Waals surface area contributed by atoms with E-state index in [1.165, 1.54) is 0 Å². The molecule has 0 spiro atoms. The molecule has 0 atom stereocenters. The van der Waals surface area contributed by atoms with Crippen molar-refractivity contribution in [1.82, 2.24) is 0 Å². The summed E-state index contributed by atoms with van der Waals surface area (Å²) < 4.78 is 1.96. The van der Waals surface area contributed by atoms with Gasteiger partial charge < -0.3 is 11.5 Å². The summed E-state index contributed by atoms with van der Waals surface area (Å²) in [4.78, 5) is 22.4. The van der Waals surface area contributed by atoms with E-state index >= 15 is 0 Å². The van der Waals surface area contributed by atoms with Crippen molar-refractivity contribution in [3.8, 4) is 0 Å². The topological polar surface area (TPSA) is 86.2 Å². The summed E-state index contributed by atoms with van der Waals surface area (Å²) in [5, 5.41) is 0. The van der Waals surface area contributed by atoms with E-state index in [-0.39, 0.29) is 0 Å². The number of rotatable bonds is 2. The fraction of sp³-hybridized carbons (Fsp3) is 0. The van der Waals surface area contributed by atoms with Crippen molar-refractivity contribution in [1.29, 1.82) is 0 Å². The van der Waals surface area contributed by atoms with E-state index in [9.17, 15) is 9.59 Å². The second kappa shape index (κ2) is 5.12. The predicted molar refractivity (Wildman–Crippen MR) is 81.6 cm³/mol. The van der Waals surface area contributed by atoms with Gasteiger partial charge in [-0.25, -0.2) is 0 Å². The monoisotopic (exact) mass is 542 g/mol. The molecule has 0 aliphatic heterocycles. The lowest BCUT2D eigenvalue weighted by molar-refractivity contribution is 0.0998. The maximum absolute atomic E-state index is 11.2. The van der Waals surface area contributed by atoms with Gasteiger partial charge in [-0.05, 0) is 73.8 Å². The van der Waals surface area contributed by atoms with E-state index in [4.69, 9.17) is 11.5 Å². The van der Waals surface area contributed by atoms with Crippen molar-refractivity contribution in [2.24, 2.45) is 11.5 Å². The van der Waals surface area contributed by atoms with Gasteiger partial charge in [-0.2, -0.15) is 0 Å². The number of carbonyl (C=O) groups is 2. The fourth-order valence-electron chi connectivity index (χ4n) is 1.04. The lowest BCUT2D eigenvalue weighted by atomic mass is 10.1. The van der Waals surface area contributed by atoms with Crippen LogP contribution in [-0.2, 0) is 0 Å². The Morgan fingerprint density at radius 1 is 0.933 bits per heavy atom. The number of hydrogen-bond donors (Lipinski definition) is 2. The maximum Gasteiger partial charge on any atom is 0.250 e. The molecule has 4 N–H and O–H groups in total. The molecular formula is C8H5I3N2O2. The van der Waals surface area contributed by atoms with Gasteiger partial charge >= 0.3 is 0 Å². The first-order chi connectivity index (χ1) is 6.86. The first kappa shape index (κ1) is 13.4. The number of primary amides is 2. The number of nitrogens with two attached hydrogens (primary N) is 2. The van der Waals surface area contributed by atoms with Crippen LogP contribution in [0.2, 0.25) is 0 Å². The largest absolute Gasteiger partial charge is 0.366 e. The molecule has 15 heavy (non-hydrogen) atoms. The van der Waals surface area contributed by atoms with E-state index in [1.807, 2.05) is 67.8 Å². The summed E-state index contributed by atoms with van der Waals surface area (Å²) >= 11 is 5.92. The molecule has 0 radical (unpaired) electrons. The van der Waals surface area contributed by atoms with Gasteiger partial charge in [-0.3, -0.25) is 9.59 Å². The molecule has 1 rings (SSSR count). The molecule has 1 aromatic carbocycles. The first-order valence-electron chi connectivity index (χ1n) is 3.63. The molecule has 0 aliphatic rings. The van der Waals surface area contributed by atoms with E-state index in [0.717, 1.165) is 7.14 Å². The number of amides is 2. The molecule has 0 saturated heterocycles. The summed E-state index contributed by atoms with van der Waals surface area (Å²) in [5.41, 5.74) is 11.2. The smallest absolute Gasteiger partial charge is 0.250 e. The van der Waals surface area contributed by atoms with E-state index in [0.29, 0.717) is 14.7 Å². The summed E-state index contributed by atoms with van der Waals surface area (Å²) in [5.74, 6) is -1.11. The number of carbonyl (C=O) groups excluding carboxylic acids is 2. The third-order valence-corrected chi connectivity index (χ3v) is 4.44. The van der Waals surface area contributed by atoms with Crippen LogP contribution in [0.15, 0.2) is 6.07 Å². The molecule has 4 nitrogen and oxygen atoms in total. The van der Waals surface area contributed by atoms with Crippen molar-refractivity contribution < 1.29 is 9.59 Å². The summed E-state index contributed by atoms with van der Waals surface area (Å²) in [6.45, 7) is 0. The summed E-state index contributed by atoms with van der Waals surface area (Å²) in [7, 11) is 0. The third kappa shape index (κ3) is 2.72. The minimum atomic E-state index is -0.553. The SMILES string of the molecule is NC(=O)c1c(I)cc(I)c(C(N)=O)c1I. The highest BCUT2D eigenvalue weighted by Crippen LogP contribution is 2.27. The first-order valence-corrected chi connectivity index (χ1v) is 6.87. The van der Waals surface area contributed by atoms with E-state index in [2.05, 4.69) is 0 Å². The summed E-state index contributed by atoms with van der Waals surface area (Å²) in [6.07, 6.45) is 0. The third-order valence-electron chi connectivity index (χ3n) is 1.66. The van der Waals surface area contributed by atoms with Crippen LogP contribution in [0.25, 0.3) is 0 Å². The standard InChI is InChI=1S/C8H5I3N2O2/c9-2-1-3(10)5(8(13)15)6(11)4(2)7(12)14/h1H,(H2,12,14)(H2,13,15). The molecule has 0 saturated carbocycles. The average Bonchev–Trinajstić information content (AvgIpc) is 1.99. The number of hydrogen-bond acceptors (Lipinski definition) is 2. The average molecular weight is 542 g/mol. The molecule has 0 heterocycles. The second-order valence-corrected chi connectivity index (χ2v) is 6.04. The van der Waals surface area contributed by atoms with Gasteiger partial charge in [0.2, 0.25) is 0 Å². The molecule has 0 unspecified atom stereocenters. The lowest BCUT2D eigenvalue weighted by Gasteiger charge is -2.09. The highest BCUT2D eigenvalue weighted by molar-refractivity contribution is 14.1. The van der Waals surface area contributed by atoms with Crippen LogP contribution in [0.1, 0.15) is 20.7 Å². The van der Waals surface area contributed by atoms with E-state index in [1.54, 1.807) is 6.07 Å². The van der Waals surface area contributed by atoms with Crippen molar-refractivity contribution in [3.05, 3.63) is 27.9 Å². The Bertz CT molecular complexity index is 421. The van der Waals surface area contributed by atoms with Crippen LogP contribution in [-0.4, -0.2) is 11.8 Å². The Hall–Kier alpha value is 0.350. The van der Waals surface area contributed by atoms with Crippen LogP contribution >= 0.6 is 67.8 Å². The van der Waals surface area contributed by atoms with Crippen LogP contribution in [0.4, 0.5) is 0 Å². The van der Waals surface area contributed by atoms with Crippen molar-refractivity contribution in [3.63, 3.8) is 0 Å². The van der Waals surface area contributed by atoms with Gasteiger partial charge in [-0.15, -0.1) is 0 Å². The Morgan fingerprint density at radius 2 is 1.27 bits per heavy atom. The molecule has 80 valence electrons. The van der Waals surface area contributed by atoms with Crippen LogP contribution in [0.3, 0.4) is 0 Å². The van der Waals surface area contributed by atoms with Crippen molar-refractivity contribution >= 4 is 79.6 Å². The van der Waals surface area contributed by atoms with Crippen LogP contribution in [0, 0.1) is 10.7 Å². The van der Waals surface area contributed by atoms with Gasteiger partial charge in [0.15, 0.2) is 0 Å². The molecule has 2 amide bonds. The Labute approximate surface area is 127 Å². The zero-order chi connectivity index (χ0) is 11.7. The fourth-order valence-corrected chi connectivity index (χ4v) is 5.48. The number of halogens is 3. The second-order valence-electron chi connectivity index (χ2n) is 2.63. The normalized spacial score (nSPS) is 10.1. The maximum atomic E-state index is 11.2. The van der Waals surface area contributed by atoms with Crippen LogP contribution in [0.5, 0.6) is 0 Å². The zero-order valence-corrected chi connectivity index (χ0v) is 13.7. The van der Waals surface area contributed by atoms with Crippen molar-refractivity contribution in [2.75, 3.05) is 0 Å². The molecule has 0 aromatic heterocycles. The molecule has 0 bridgehead atoms. The zero-order valence-electron chi connectivity index (χ0n) is 7.18. The Balaban J connectivity index is 3.64. The van der Waals surface area contributed by atoms with Gasteiger partial charge in [0, 0.05) is 10.7 Å². The quantitative estimate of drug-likeness (QED) is 0.559. The highest BCUT2D eigenvalue weighted by atomic mass is 127. The van der Waals surface area contributed by atoms with Crippen LogP contribution < -0.4 is 11.5 Å². The van der Waals surface area contributed by atoms with E-state index < -0.39 is 11.8 Å².